The van der Waals surface area contributed by atoms with Gasteiger partial charge in [0.25, 0.3) is 5.91 Å². The van der Waals surface area contributed by atoms with E-state index in [0.717, 1.165) is 31.2 Å². The van der Waals surface area contributed by atoms with Crippen LogP contribution in [0.5, 0.6) is 0 Å². The number of allylic oxidation sites excluding steroid dienone is 1. The summed E-state index contributed by atoms with van der Waals surface area (Å²) in [6.07, 6.45) is 8.30. The molecule has 0 bridgehead atoms. The lowest BCUT2D eigenvalue weighted by Gasteiger charge is -2.53. The minimum atomic E-state index is -0.746. The van der Waals surface area contributed by atoms with Gasteiger partial charge in [0.15, 0.2) is 0 Å². The summed E-state index contributed by atoms with van der Waals surface area (Å²) in [5.74, 6) is -0.521. The molecule has 0 spiro atoms. The number of fused-ring (bicyclic) bond motifs is 3. The Balaban J connectivity index is 0.953. The fourth-order valence-electron chi connectivity index (χ4n) is 9.39. The lowest BCUT2D eigenvalue weighted by molar-refractivity contribution is -0.155. The number of carbonyl (C=O) groups excluding carboxylic acids is 4. The Morgan fingerprint density at radius 1 is 1.00 bits per heavy atom. The van der Waals surface area contributed by atoms with Crippen molar-refractivity contribution >= 4 is 29.8 Å². The van der Waals surface area contributed by atoms with Crippen molar-refractivity contribution in [3.63, 3.8) is 0 Å². The van der Waals surface area contributed by atoms with Gasteiger partial charge in [-0.2, -0.15) is 0 Å². The average Bonchev–Trinajstić information content (AvgIpc) is 3.56. The first kappa shape index (κ1) is 42.8. The summed E-state index contributed by atoms with van der Waals surface area (Å²) < 4.78 is 29.2. The number of epoxide rings is 1. The molecule has 3 aliphatic carbocycles. The van der Waals surface area contributed by atoms with Crippen LogP contribution in [-0.2, 0) is 39.8 Å². The van der Waals surface area contributed by atoms with Crippen LogP contribution in [0.1, 0.15) is 125 Å². The summed E-state index contributed by atoms with van der Waals surface area (Å²) in [7, 11) is 0. The number of ether oxygens (including phenoxy) is 5. The van der Waals surface area contributed by atoms with Gasteiger partial charge in [-0.3, -0.25) is 14.4 Å². The quantitative estimate of drug-likeness (QED) is 0.158. The highest BCUT2D eigenvalue weighted by molar-refractivity contribution is 5.95. The number of amides is 2. The highest BCUT2D eigenvalue weighted by atomic mass is 16.7. The molecule has 2 saturated heterocycles. The zero-order chi connectivity index (χ0) is 42.1. The number of esters is 2. The number of nitrogens with one attached hydrogen (secondary N) is 2. The minimum absolute atomic E-state index is 0.0169. The standard InChI is InChI=1S/C47H60N2O10/c1-45(2,3)59-40(51)16-14-34(26-50)49-43(53)31-11-8-10-29(21-31)25-48-42(52)33-22-37-41(56-27-55-37)38(23-33)57-44(54)32-12-7-9-28(20-32)19-30-13-15-39-47(6,58-39)18-17-36-35(30)24-46(36,4)5/h7-12,19-22,34-39,41,50H,13-18,23-27H2,1-6H3,(H,48,52)(H,49,53). The van der Waals surface area contributed by atoms with Crippen molar-refractivity contribution in [2.45, 2.75) is 141 Å². The van der Waals surface area contributed by atoms with E-state index in [-0.39, 0.29) is 50.7 Å². The molecule has 8 unspecified atom stereocenters. The van der Waals surface area contributed by atoms with E-state index in [0.29, 0.717) is 45.6 Å². The van der Waals surface area contributed by atoms with Crippen molar-refractivity contribution < 1.29 is 48.0 Å². The number of hydrogen-bond donors (Lipinski definition) is 3. The number of aliphatic hydroxyl groups is 1. The molecule has 2 amide bonds. The van der Waals surface area contributed by atoms with E-state index in [4.69, 9.17) is 23.7 Å². The van der Waals surface area contributed by atoms with Crippen LogP contribution in [0.3, 0.4) is 0 Å². The molecule has 12 heteroatoms. The summed E-state index contributed by atoms with van der Waals surface area (Å²) >= 11 is 0. The van der Waals surface area contributed by atoms with Gasteiger partial charge in [-0.05, 0) is 125 Å². The van der Waals surface area contributed by atoms with Crippen LogP contribution >= 0.6 is 0 Å². The Kier molecular flexibility index (Phi) is 12.5. The predicted octanol–water partition coefficient (Wildman–Crippen LogP) is 6.59. The van der Waals surface area contributed by atoms with Gasteiger partial charge in [-0.15, -0.1) is 0 Å². The third-order valence-electron chi connectivity index (χ3n) is 12.7. The second kappa shape index (κ2) is 17.3. The van der Waals surface area contributed by atoms with Crippen LogP contribution in [0.15, 0.2) is 65.8 Å². The first-order chi connectivity index (χ1) is 28.0. The molecule has 59 heavy (non-hydrogen) atoms. The number of hydrogen-bond acceptors (Lipinski definition) is 10. The molecule has 2 aromatic rings. The monoisotopic (exact) mass is 812 g/mol. The number of benzene rings is 2. The van der Waals surface area contributed by atoms with Crippen molar-refractivity contribution in [2.75, 3.05) is 13.4 Å². The number of carbonyl (C=O) groups is 4. The van der Waals surface area contributed by atoms with E-state index in [1.54, 1.807) is 57.2 Å². The van der Waals surface area contributed by atoms with Gasteiger partial charge in [0.05, 0.1) is 29.9 Å². The Morgan fingerprint density at radius 3 is 2.54 bits per heavy atom. The maximum Gasteiger partial charge on any atom is 0.338 e. The van der Waals surface area contributed by atoms with Crippen molar-refractivity contribution in [1.82, 2.24) is 10.6 Å². The second-order valence-corrected chi connectivity index (χ2v) is 18.8. The molecule has 2 heterocycles. The van der Waals surface area contributed by atoms with Gasteiger partial charge >= 0.3 is 11.9 Å². The molecule has 4 fully saturated rings. The molecule has 8 atom stereocenters. The van der Waals surface area contributed by atoms with E-state index in [2.05, 4.69) is 37.5 Å². The summed E-state index contributed by atoms with van der Waals surface area (Å²) in [5.41, 5.74) is 3.95. The summed E-state index contributed by atoms with van der Waals surface area (Å²) in [6, 6.07) is 13.7. The fourth-order valence-corrected chi connectivity index (χ4v) is 9.39. The van der Waals surface area contributed by atoms with Gasteiger partial charge in [0.1, 0.15) is 30.7 Å². The highest BCUT2D eigenvalue weighted by Gasteiger charge is 2.56. The Hall–Kier alpha value is -4.36. The molecule has 3 N–H and O–H groups in total. The lowest BCUT2D eigenvalue weighted by atomic mass is 9.52. The maximum absolute atomic E-state index is 13.7. The van der Waals surface area contributed by atoms with Crippen LogP contribution < -0.4 is 10.6 Å². The average molecular weight is 813 g/mol. The molecule has 2 aliphatic heterocycles. The largest absolute Gasteiger partial charge is 0.460 e. The summed E-state index contributed by atoms with van der Waals surface area (Å²) in [5, 5.41) is 15.5. The molecule has 2 saturated carbocycles. The third-order valence-corrected chi connectivity index (χ3v) is 12.7. The Bertz CT molecular complexity index is 1980. The van der Waals surface area contributed by atoms with E-state index in [1.165, 1.54) is 12.0 Å². The highest BCUT2D eigenvalue weighted by Crippen LogP contribution is 2.59. The Labute approximate surface area is 347 Å². The van der Waals surface area contributed by atoms with Crippen molar-refractivity contribution in [3.05, 3.63) is 88.0 Å². The number of aliphatic hydroxyl groups excluding tert-OH is 1. The number of rotatable bonds is 12. The maximum atomic E-state index is 13.7. The van der Waals surface area contributed by atoms with Gasteiger partial charge < -0.3 is 39.4 Å². The van der Waals surface area contributed by atoms with Gasteiger partial charge in [-0.25, -0.2) is 4.79 Å². The SMILES string of the molecule is CC(C)(C)OC(=O)CCC(CO)NC(=O)c1cccc(CNC(=O)C2=CC3OCOC3C(OC(=O)c3cccc(C=C4CCC5OC5(C)CCC5C4CC5(C)C)c3)C2)c1. The molecular formula is C47H60N2O10. The molecular weight excluding hydrogens is 753 g/mol. The van der Waals surface area contributed by atoms with E-state index >= 15 is 0 Å². The van der Waals surface area contributed by atoms with Crippen molar-refractivity contribution in [2.24, 2.45) is 17.3 Å². The smallest absolute Gasteiger partial charge is 0.338 e. The topological polar surface area (TPSA) is 162 Å². The minimum Gasteiger partial charge on any atom is -0.460 e. The van der Waals surface area contributed by atoms with Gasteiger partial charge in [-0.1, -0.05) is 49.8 Å². The van der Waals surface area contributed by atoms with Gasteiger partial charge in [0, 0.05) is 30.5 Å². The summed E-state index contributed by atoms with van der Waals surface area (Å²) in [6.45, 7) is 12.2. The Morgan fingerprint density at radius 2 is 1.78 bits per heavy atom. The third kappa shape index (κ3) is 10.3. The molecule has 7 rings (SSSR count). The summed E-state index contributed by atoms with van der Waals surface area (Å²) in [4.78, 5) is 52.5. The van der Waals surface area contributed by atoms with Crippen molar-refractivity contribution in [1.29, 1.82) is 0 Å². The molecule has 2 aromatic carbocycles. The molecule has 0 aromatic heterocycles. The normalized spacial score (nSPS) is 29.4. The molecule has 0 radical (unpaired) electrons. The molecule has 318 valence electrons. The van der Waals surface area contributed by atoms with Crippen LogP contribution in [-0.4, -0.2) is 83.9 Å². The van der Waals surface area contributed by atoms with Crippen LogP contribution in [0, 0.1) is 17.3 Å². The predicted molar refractivity (Wildman–Crippen MR) is 220 cm³/mol. The van der Waals surface area contributed by atoms with Crippen molar-refractivity contribution in [3.8, 4) is 0 Å². The van der Waals surface area contributed by atoms with Gasteiger partial charge in [0.2, 0.25) is 5.91 Å². The zero-order valence-corrected chi connectivity index (χ0v) is 35.2. The van der Waals surface area contributed by atoms with E-state index in [1.807, 2.05) is 18.2 Å². The molecule has 5 aliphatic rings. The first-order valence-corrected chi connectivity index (χ1v) is 21.1. The first-order valence-electron chi connectivity index (χ1n) is 21.1. The van der Waals surface area contributed by atoms with Crippen LogP contribution in [0.2, 0.25) is 0 Å². The second-order valence-electron chi connectivity index (χ2n) is 18.8. The zero-order valence-electron chi connectivity index (χ0n) is 35.2. The van der Waals surface area contributed by atoms with Crippen LogP contribution in [0.4, 0.5) is 0 Å². The fraction of sp³-hybridized carbons (Fsp3) is 0.574. The van der Waals surface area contributed by atoms with E-state index < -0.39 is 47.8 Å². The lowest BCUT2D eigenvalue weighted by Crippen LogP contribution is -2.45. The molecule has 12 nitrogen and oxygen atoms in total. The van der Waals surface area contributed by atoms with Crippen LogP contribution in [0.25, 0.3) is 6.08 Å². The van der Waals surface area contributed by atoms with E-state index in [9.17, 15) is 24.3 Å².